The normalized spacial score (nSPS) is 23.8. The number of hydrogen-bond acceptors (Lipinski definition) is 5. The highest BCUT2D eigenvalue weighted by atomic mass is 32.1. The molecule has 3 aromatic rings. The molecule has 4 nitrogen and oxygen atoms in total. The van der Waals surface area contributed by atoms with Gasteiger partial charge in [-0.1, -0.05) is 24.3 Å². The summed E-state index contributed by atoms with van der Waals surface area (Å²) in [6, 6.07) is 16.8. The molecular formula is C25H27FO4S. The monoisotopic (exact) mass is 442 g/mol. The maximum atomic E-state index is 13.2. The van der Waals surface area contributed by atoms with Gasteiger partial charge in [-0.25, -0.2) is 4.39 Å². The van der Waals surface area contributed by atoms with E-state index in [1.54, 1.807) is 30.6 Å². The number of benzene rings is 2. The molecule has 1 saturated heterocycles. The van der Waals surface area contributed by atoms with Crippen LogP contribution in [0.3, 0.4) is 0 Å². The maximum Gasteiger partial charge on any atom is 0.197 e. The average molecular weight is 443 g/mol. The number of aliphatic hydroxyl groups excluding tert-OH is 2. The van der Waals surface area contributed by atoms with Crippen molar-refractivity contribution in [3.63, 3.8) is 0 Å². The Morgan fingerprint density at radius 2 is 1.94 bits per heavy atom. The first-order valence-corrected chi connectivity index (χ1v) is 11.2. The smallest absolute Gasteiger partial charge is 0.197 e. The van der Waals surface area contributed by atoms with E-state index in [2.05, 4.69) is 25.1 Å². The summed E-state index contributed by atoms with van der Waals surface area (Å²) >= 11 is 1.69. The van der Waals surface area contributed by atoms with E-state index in [0.29, 0.717) is 12.8 Å². The molecule has 0 bridgehead atoms. The van der Waals surface area contributed by atoms with Gasteiger partial charge in [0.15, 0.2) is 5.79 Å². The molecule has 1 aromatic heterocycles. The van der Waals surface area contributed by atoms with Gasteiger partial charge in [-0.05, 0) is 53.9 Å². The molecule has 31 heavy (non-hydrogen) atoms. The van der Waals surface area contributed by atoms with E-state index in [-0.39, 0.29) is 12.4 Å². The highest BCUT2D eigenvalue weighted by molar-refractivity contribution is 7.15. The topological polar surface area (TPSA) is 58.9 Å². The number of thiophene rings is 1. The summed E-state index contributed by atoms with van der Waals surface area (Å²) in [7, 11) is 1.57. The predicted molar refractivity (Wildman–Crippen MR) is 120 cm³/mol. The van der Waals surface area contributed by atoms with E-state index in [1.807, 2.05) is 12.1 Å². The molecule has 0 aliphatic carbocycles. The number of ether oxygens (including phenoxy) is 2. The number of aliphatic hydroxyl groups is 2. The Kier molecular flexibility index (Phi) is 6.55. The van der Waals surface area contributed by atoms with Gasteiger partial charge in [-0.3, -0.25) is 0 Å². The van der Waals surface area contributed by atoms with Crippen molar-refractivity contribution in [3.05, 3.63) is 82.0 Å². The fourth-order valence-corrected chi connectivity index (χ4v) is 5.17. The first kappa shape index (κ1) is 22.1. The summed E-state index contributed by atoms with van der Waals surface area (Å²) < 4.78 is 25.1. The van der Waals surface area contributed by atoms with E-state index >= 15 is 0 Å². The van der Waals surface area contributed by atoms with Gasteiger partial charge in [0.1, 0.15) is 5.82 Å². The molecule has 2 heterocycles. The van der Waals surface area contributed by atoms with Crippen molar-refractivity contribution >= 4 is 11.3 Å². The van der Waals surface area contributed by atoms with Crippen molar-refractivity contribution in [1.82, 2.24) is 0 Å². The summed E-state index contributed by atoms with van der Waals surface area (Å²) in [6.07, 6.45) is 0.380. The molecule has 1 aliphatic heterocycles. The molecule has 0 amide bonds. The third-order valence-electron chi connectivity index (χ3n) is 5.87. The molecule has 0 spiro atoms. The van der Waals surface area contributed by atoms with Gasteiger partial charge in [0, 0.05) is 41.7 Å². The Bertz CT molecular complexity index is 1030. The Labute approximate surface area is 185 Å². The van der Waals surface area contributed by atoms with E-state index in [0.717, 1.165) is 33.6 Å². The first-order valence-electron chi connectivity index (χ1n) is 10.4. The van der Waals surface area contributed by atoms with E-state index in [4.69, 9.17) is 9.47 Å². The number of halogens is 1. The largest absolute Gasteiger partial charge is 0.394 e. The Hall–Kier alpha value is -2.09. The van der Waals surface area contributed by atoms with Crippen LogP contribution in [0, 0.1) is 12.7 Å². The minimum atomic E-state index is -1.08. The highest BCUT2D eigenvalue weighted by Gasteiger charge is 2.43. The molecule has 2 aromatic carbocycles. The summed E-state index contributed by atoms with van der Waals surface area (Å²) in [5, 5.41) is 19.9. The first-order chi connectivity index (χ1) is 14.9. The molecule has 1 unspecified atom stereocenters. The molecule has 4 rings (SSSR count). The summed E-state index contributed by atoms with van der Waals surface area (Å²) in [6.45, 7) is 1.91. The number of methoxy groups -OCH3 is 1. The Morgan fingerprint density at radius 1 is 1.16 bits per heavy atom. The second-order valence-corrected chi connectivity index (χ2v) is 9.23. The highest BCUT2D eigenvalue weighted by Crippen LogP contribution is 2.39. The summed E-state index contributed by atoms with van der Waals surface area (Å²) in [5.41, 5.74) is 4.14. The van der Waals surface area contributed by atoms with Gasteiger partial charge in [0.25, 0.3) is 0 Å². The molecule has 6 heteroatoms. The van der Waals surface area contributed by atoms with Crippen molar-refractivity contribution in [2.45, 2.75) is 44.2 Å². The lowest BCUT2D eigenvalue weighted by atomic mass is 9.90. The van der Waals surface area contributed by atoms with Crippen molar-refractivity contribution < 1.29 is 24.1 Å². The lowest BCUT2D eigenvalue weighted by Gasteiger charge is -2.42. The molecule has 3 atom stereocenters. The molecular weight excluding hydrogens is 415 g/mol. The fraction of sp³-hybridized carbons (Fsp3) is 0.360. The van der Waals surface area contributed by atoms with E-state index < -0.39 is 18.0 Å². The second kappa shape index (κ2) is 9.18. The minimum absolute atomic E-state index is 0.164. The van der Waals surface area contributed by atoms with Gasteiger partial charge in [-0.15, -0.1) is 11.3 Å². The van der Waals surface area contributed by atoms with Gasteiger partial charge in [-0.2, -0.15) is 0 Å². The van der Waals surface area contributed by atoms with Crippen LogP contribution < -0.4 is 0 Å². The standard InChI is InChI=1S/C25H27FO4S/c1-16-3-6-19(25(29-2)14-21(28)13-22(15-27)30-25)11-18(16)12-23-9-10-24(31-23)17-4-7-20(26)8-5-17/h3-11,21-22,27-28H,12-15H2,1-2H3/t21-,22-,25?/m0/s1. The number of hydrogen-bond donors (Lipinski definition) is 2. The van der Waals surface area contributed by atoms with Crippen LogP contribution in [0.2, 0.25) is 0 Å². The summed E-state index contributed by atoms with van der Waals surface area (Å²) in [4.78, 5) is 2.30. The molecule has 0 radical (unpaired) electrons. The molecule has 2 N–H and O–H groups in total. The predicted octanol–water partition coefficient (Wildman–Crippen LogP) is 4.78. The molecule has 164 valence electrons. The minimum Gasteiger partial charge on any atom is -0.394 e. The lowest BCUT2D eigenvalue weighted by Crippen LogP contribution is -2.46. The zero-order chi connectivity index (χ0) is 22.0. The maximum absolute atomic E-state index is 13.2. The van der Waals surface area contributed by atoms with E-state index in [1.165, 1.54) is 17.0 Å². The number of aryl methyl sites for hydroxylation is 1. The SMILES string of the molecule is COC1(c2ccc(C)c(Cc3ccc(-c4ccc(F)cc4)s3)c2)C[C@@H](O)C[C@@H](CO)O1. The van der Waals surface area contributed by atoms with Crippen molar-refractivity contribution in [2.75, 3.05) is 13.7 Å². The molecule has 1 aliphatic rings. The zero-order valence-electron chi connectivity index (χ0n) is 17.7. The van der Waals surface area contributed by atoms with Gasteiger partial charge >= 0.3 is 0 Å². The quantitative estimate of drug-likeness (QED) is 0.577. The van der Waals surface area contributed by atoms with Crippen molar-refractivity contribution in [2.24, 2.45) is 0 Å². The zero-order valence-corrected chi connectivity index (χ0v) is 18.5. The van der Waals surface area contributed by atoms with Crippen molar-refractivity contribution in [3.8, 4) is 10.4 Å². The Morgan fingerprint density at radius 3 is 2.65 bits per heavy atom. The third kappa shape index (κ3) is 4.73. The van der Waals surface area contributed by atoms with Crippen LogP contribution in [0.15, 0.2) is 54.6 Å². The molecule has 1 fully saturated rings. The Balaban J connectivity index is 1.60. The molecule has 0 saturated carbocycles. The van der Waals surface area contributed by atoms with Crippen LogP contribution in [-0.2, 0) is 21.7 Å². The fourth-order valence-electron chi connectivity index (χ4n) is 4.14. The van der Waals surface area contributed by atoms with E-state index in [9.17, 15) is 14.6 Å². The summed E-state index contributed by atoms with van der Waals surface area (Å²) in [5.74, 6) is -1.32. The van der Waals surface area contributed by atoms with Crippen LogP contribution in [0.25, 0.3) is 10.4 Å². The van der Waals surface area contributed by atoms with Crippen LogP contribution >= 0.6 is 11.3 Å². The van der Waals surface area contributed by atoms with Crippen LogP contribution in [0.4, 0.5) is 4.39 Å². The van der Waals surface area contributed by atoms with Gasteiger partial charge in [0.05, 0.1) is 18.8 Å². The van der Waals surface area contributed by atoms with Crippen LogP contribution in [0.1, 0.15) is 34.4 Å². The second-order valence-electron chi connectivity index (χ2n) is 8.06. The lowest BCUT2D eigenvalue weighted by molar-refractivity contribution is -0.298. The van der Waals surface area contributed by atoms with Gasteiger partial charge in [0.2, 0.25) is 0 Å². The van der Waals surface area contributed by atoms with Gasteiger partial charge < -0.3 is 19.7 Å². The van der Waals surface area contributed by atoms with Crippen molar-refractivity contribution in [1.29, 1.82) is 0 Å². The average Bonchev–Trinajstić information content (AvgIpc) is 3.23. The third-order valence-corrected chi connectivity index (χ3v) is 7.01. The van der Waals surface area contributed by atoms with Crippen LogP contribution in [0.5, 0.6) is 0 Å². The number of rotatable bonds is 6. The van der Waals surface area contributed by atoms with Crippen LogP contribution in [-0.4, -0.2) is 36.1 Å².